The molecule has 1 aromatic carbocycles. The molecule has 0 aliphatic heterocycles. The van der Waals surface area contributed by atoms with Crippen molar-refractivity contribution < 1.29 is 13.2 Å². The van der Waals surface area contributed by atoms with Crippen LogP contribution in [0.1, 0.15) is 10.4 Å². The highest BCUT2D eigenvalue weighted by atomic mass is 79.9. The van der Waals surface area contributed by atoms with Gasteiger partial charge in [0, 0.05) is 23.0 Å². The number of carbonyl (C=O) groups excluding carboxylic acids is 1. The van der Waals surface area contributed by atoms with E-state index in [2.05, 4.69) is 21.2 Å². The van der Waals surface area contributed by atoms with Gasteiger partial charge in [0.05, 0.1) is 11.3 Å². The fourth-order valence-electron chi connectivity index (χ4n) is 1.16. The molecular formula is C10H13BrN2O3S. The summed E-state index contributed by atoms with van der Waals surface area (Å²) in [6.07, 6.45) is 1.12. The molecule has 0 atom stereocenters. The summed E-state index contributed by atoms with van der Waals surface area (Å²) in [5.41, 5.74) is 6.43. The normalized spacial score (nSPS) is 11.2. The van der Waals surface area contributed by atoms with Gasteiger partial charge in [0.2, 0.25) is 0 Å². The van der Waals surface area contributed by atoms with Crippen LogP contribution in [-0.4, -0.2) is 32.9 Å². The molecule has 0 aliphatic carbocycles. The Morgan fingerprint density at radius 2 is 2.12 bits per heavy atom. The summed E-state index contributed by atoms with van der Waals surface area (Å²) in [6.45, 7) is 0.0822. The lowest BCUT2D eigenvalue weighted by molar-refractivity contribution is 0.0955. The van der Waals surface area contributed by atoms with Crippen LogP contribution < -0.4 is 11.1 Å². The molecule has 0 aromatic heterocycles. The van der Waals surface area contributed by atoms with E-state index in [1.54, 1.807) is 12.1 Å². The number of sulfone groups is 1. The molecule has 0 heterocycles. The lowest BCUT2D eigenvalue weighted by atomic mass is 10.2. The van der Waals surface area contributed by atoms with Crippen molar-refractivity contribution in [2.75, 3.05) is 24.3 Å². The average molecular weight is 321 g/mol. The van der Waals surface area contributed by atoms with Gasteiger partial charge in [-0.1, -0.05) is 0 Å². The number of amides is 1. The van der Waals surface area contributed by atoms with E-state index < -0.39 is 9.84 Å². The van der Waals surface area contributed by atoms with Crippen LogP contribution in [0, 0.1) is 0 Å². The Morgan fingerprint density at radius 1 is 1.47 bits per heavy atom. The van der Waals surface area contributed by atoms with Gasteiger partial charge in [-0.3, -0.25) is 4.79 Å². The molecule has 0 spiro atoms. The van der Waals surface area contributed by atoms with E-state index in [1.807, 2.05) is 0 Å². The Morgan fingerprint density at radius 3 is 2.71 bits per heavy atom. The van der Waals surface area contributed by atoms with Crippen LogP contribution in [0.15, 0.2) is 22.7 Å². The molecule has 0 saturated heterocycles. The molecule has 0 bridgehead atoms. The second-order valence-electron chi connectivity index (χ2n) is 3.63. The quantitative estimate of drug-likeness (QED) is 0.803. The maximum absolute atomic E-state index is 11.7. The van der Waals surface area contributed by atoms with Crippen LogP contribution in [-0.2, 0) is 9.84 Å². The first-order valence-corrected chi connectivity index (χ1v) is 7.66. The first-order valence-electron chi connectivity index (χ1n) is 4.80. The Kier molecular flexibility index (Phi) is 4.53. The third kappa shape index (κ3) is 4.74. The highest BCUT2D eigenvalue weighted by Gasteiger charge is 2.11. The Bertz CT molecular complexity index is 528. The minimum atomic E-state index is -3.07. The topological polar surface area (TPSA) is 89.3 Å². The second-order valence-corrected chi connectivity index (χ2v) is 6.74. The molecule has 0 unspecified atom stereocenters. The van der Waals surface area contributed by atoms with Crippen LogP contribution >= 0.6 is 15.9 Å². The monoisotopic (exact) mass is 320 g/mol. The first-order chi connectivity index (χ1) is 7.79. The van der Waals surface area contributed by atoms with E-state index in [4.69, 9.17) is 5.73 Å². The van der Waals surface area contributed by atoms with Crippen molar-refractivity contribution in [2.24, 2.45) is 0 Å². The Hall–Kier alpha value is -1.08. The second kappa shape index (κ2) is 5.50. The molecule has 5 nitrogen and oxygen atoms in total. The summed E-state index contributed by atoms with van der Waals surface area (Å²) >= 11 is 3.23. The maximum atomic E-state index is 11.7. The molecule has 0 radical (unpaired) electrons. The number of rotatable bonds is 4. The number of carbonyl (C=O) groups is 1. The minimum Gasteiger partial charge on any atom is -0.399 e. The molecular weight excluding hydrogens is 308 g/mol. The lowest BCUT2D eigenvalue weighted by Crippen LogP contribution is -2.29. The zero-order chi connectivity index (χ0) is 13.1. The summed E-state index contributed by atoms with van der Waals surface area (Å²) in [7, 11) is -3.07. The summed E-state index contributed by atoms with van der Waals surface area (Å²) < 4.78 is 22.4. The van der Waals surface area contributed by atoms with Crippen molar-refractivity contribution >= 4 is 37.4 Å². The van der Waals surface area contributed by atoms with Gasteiger partial charge in [0.25, 0.3) is 5.91 Å². The highest BCUT2D eigenvalue weighted by Crippen LogP contribution is 2.19. The smallest absolute Gasteiger partial charge is 0.252 e. The predicted molar refractivity (Wildman–Crippen MR) is 70.6 cm³/mol. The fraction of sp³-hybridized carbons (Fsp3) is 0.300. The van der Waals surface area contributed by atoms with Crippen molar-refractivity contribution in [3.63, 3.8) is 0 Å². The van der Waals surface area contributed by atoms with Gasteiger partial charge in [0.15, 0.2) is 0 Å². The lowest BCUT2D eigenvalue weighted by Gasteiger charge is -2.07. The predicted octanol–water partition coefficient (Wildman–Crippen LogP) is 0.806. The van der Waals surface area contributed by atoms with Crippen LogP contribution in [0.3, 0.4) is 0 Å². The number of nitrogen functional groups attached to an aromatic ring is 1. The summed E-state index contributed by atoms with van der Waals surface area (Å²) in [5, 5.41) is 2.52. The van der Waals surface area contributed by atoms with Crippen LogP contribution in [0.4, 0.5) is 5.69 Å². The number of nitrogens with two attached hydrogens (primary N) is 1. The molecule has 1 aromatic rings. The van der Waals surface area contributed by atoms with Gasteiger partial charge < -0.3 is 11.1 Å². The number of anilines is 1. The number of nitrogens with one attached hydrogen (secondary N) is 1. The first kappa shape index (κ1) is 14.0. The number of hydrogen-bond acceptors (Lipinski definition) is 4. The summed E-state index contributed by atoms with van der Waals surface area (Å²) in [6, 6.07) is 4.86. The average Bonchev–Trinajstić information content (AvgIpc) is 2.19. The number of hydrogen-bond donors (Lipinski definition) is 2. The molecule has 3 N–H and O–H groups in total. The van der Waals surface area contributed by atoms with Crippen molar-refractivity contribution in [3.05, 3.63) is 28.2 Å². The third-order valence-electron chi connectivity index (χ3n) is 1.99. The van der Waals surface area contributed by atoms with E-state index in [0.29, 0.717) is 15.7 Å². The van der Waals surface area contributed by atoms with Crippen LogP contribution in [0.25, 0.3) is 0 Å². The van der Waals surface area contributed by atoms with E-state index in [0.717, 1.165) is 6.26 Å². The van der Waals surface area contributed by atoms with Crippen molar-refractivity contribution in [1.29, 1.82) is 0 Å². The van der Waals surface area contributed by atoms with Crippen molar-refractivity contribution in [3.8, 4) is 0 Å². The van der Waals surface area contributed by atoms with E-state index in [1.165, 1.54) is 6.07 Å². The fourth-order valence-corrected chi connectivity index (χ4v) is 2.06. The molecule has 1 rings (SSSR count). The van der Waals surface area contributed by atoms with Gasteiger partial charge in [-0.25, -0.2) is 8.42 Å². The Balaban J connectivity index is 2.67. The van der Waals surface area contributed by atoms with E-state index in [9.17, 15) is 13.2 Å². The maximum Gasteiger partial charge on any atom is 0.252 e. The largest absolute Gasteiger partial charge is 0.399 e. The zero-order valence-electron chi connectivity index (χ0n) is 9.23. The molecule has 94 valence electrons. The standard InChI is InChI=1S/C10H13BrN2O3S/c1-17(15,16)5-4-13-10(14)8-6-7(12)2-3-9(8)11/h2-3,6H,4-5,12H2,1H3,(H,13,14). The van der Waals surface area contributed by atoms with Crippen LogP contribution in [0.5, 0.6) is 0 Å². The van der Waals surface area contributed by atoms with Crippen molar-refractivity contribution in [2.45, 2.75) is 0 Å². The van der Waals surface area contributed by atoms with E-state index in [-0.39, 0.29) is 18.2 Å². The summed E-state index contributed by atoms with van der Waals surface area (Å²) in [5.74, 6) is -0.439. The van der Waals surface area contributed by atoms with Gasteiger partial charge in [-0.15, -0.1) is 0 Å². The van der Waals surface area contributed by atoms with Crippen molar-refractivity contribution in [1.82, 2.24) is 5.32 Å². The molecule has 7 heteroatoms. The SMILES string of the molecule is CS(=O)(=O)CCNC(=O)c1cc(N)ccc1Br. The van der Waals surface area contributed by atoms with Crippen LogP contribution in [0.2, 0.25) is 0 Å². The Labute approximate surface area is 108 Å². The molecule has 1 amide bonds. The van der Waals surface area contributed by atoms with Gasteiger partial charge in [-0.05, 0) is 34.1 Å². The van der Waals surface area contributed by atoms with Gasteiger partial charge in [-0.2, -0.15) is 0 Å². The minimum absolute atomic E-state index is 0.0822. The molecule has 0 fully saturated rings. The summed E-state index contributed by atoms with van der Waals surface area (Å²) in [4.78, 5) is 11.7. The van der Waals surface area contributed by atoms with Gasteiger partial charge >= 0.3 is 0 Å². The highest BCUT2D eigenvalue weighted by molar-refractivity contribution is 9.10. The molecule has 0 saturated carbocycles. The zero-order valence-corrected chi connectivity index (χ0v) is 11.6. The van der Waals surface area contributed by atoms with Gasteiger partial charge in [0.1, 0.15) is 9.84 Å². The number of benzene rings is 1. The van der Waals surface area contributed by atoms with E-state index >= 15 is 0 Å². The number of halogens is 1. The molecule has 17 heavy (non-hydrogen) atoms. The molecule has 0 aliphatic rings. The third-order valence-corrected chi connectivity index (χ3v) is 3.63.